The SMILES string of the molecule is CCNC1CCCN(CC(C)(C)C)C1. The summed E-state index contributed by atoms with van der Waals surface area (Å²) in [6, 6.07) is 0.732. The summed E-state index contributed by atoms with van der Waals surface area (Å²) < 4.78 is 0. The van der Waals surface area contributed by atoms with Gasteiger partial charge in [-0.3, -0.25) is 0 Å². The van der Waals surface area contributed by atoms with E-state index >= 15 is 0 Å². The summed E-state index contributed by atoms with van der Waals surface area (Å²) in [4.78, 5) is 2.61. The van der Waals surface area contributed by atoms with Crippen LogP contribution in [0.2, 0.25) is 0 Å². The van der Waals surface area contributed by atoms with Crippen LogP contribution in [-0.2, 0) is 0 Å². The largest absolute Gasteiger partial charge is 0.313 e. The van der Waals surface area contributed by atoms with Gasteiger partial charge in [0, 0.05) is 19.1 Å². The summed E-state index contributed by atoms with van der Waals surface area (Å²) in [6.07, 6.45) is 2.71. The van der Waals surface area contributed by atoms with Crippen molar-refractivity contribution < 1.29 is 0 Å². The summed E-state index contributed by atoms with van der Waals surface area (Å²) in [5, 5.41) is 3.56. The third kappa shape index (κ3) is 4.43. The maximum Gasteiger partial charge on any atom is 0.0195 e. The molecule has 1 heterocycles. The van der Waals surface area contributed by atoms with Gasteiger partial charge in [0.25, 0.3) is 0 Å². The normalized spacial score (nSPS) is 25.3. The molecule has 84 valence electrons. The molecule has 1 atom stereocenters. The fourth-order valence-corrected chi connectivity index (χ4v) is 2.33. The molecule has 0 aromatic carbocycles. The van der Waals surface area contributed by atoms with Crippen LogP contribution in [0.1, 0.15) is 40.5 Å². The first-order chi connectivity index (χ1) is 6.51. The number of piperidine rings is 1. The Labute approximate surface area is 89.1 Å². The van der Waals surface area contributed by atoms with E-state index in [1.807, 2.05) is 0 Å². The molecule has 1 rings (SSSR count). The molecule has 0 aromatic rings. The van der Waals surface area contributed by atoms with Crippen LogP contribution in [0.25, 0.3) is 0 Å². The Kier molecular flexibility index (Phi) is 4.39. The number of rotatable bonds is 3. The van der Waals surface area contributed by atoms with Crippen molar-refractivity contribution in [3.63, 3.8) is 0 Å². The van der Waals surface area contributed by atoms with Gasteiger partial charge in [0.2, 0.25) is 0 Å². The maximum atomic E-state index is 3.56. The molecule has 1 aliphatic heterocycles. The molecule has 0 bridgehead atoms. The number of nitrogens with one attached hydrogen (secondary N) is 1. The number of likely N-dealkylation sites (N-methyl/N-ethyl adjacent to an activating group) is 1. The fourth-order valence-electron chi connectivity index (χ4n) is 2.33. The number of hydrogen-bond donors (Lipinski definition) is 1. The van der Waals surface area contributed by atoms with Crippen molar-refractivity contribution in [1.82, 2.24) is 10.2 Å². The Hall–Kier alpha value is -0.0800. The minimum Gasteiger partial charge on any atom is -0.313 e. The zero-order chi connectivity index (χ0) is 10.6. The Morgan fingerprint density at radius 1 is 1.36 bits per heavy atom. The maximum absolute atomic E-state index is 3.56. The quantitative estimate of drug-likeness (QED) is 0.747. The van der Waals surface area contributed by atoms with E-state index in [0.29, 0.717) is 5.41 Å². The Morgan fingerprint density at radius 3 is 2.64 bits per heavy atom. The van der Waals surface area contributed by atoms with Gasteiger partial charge in [-0.25, -0.2) is 0 Å². The lowest BCUT2D eigenvalue weighted by molar-refractivity contribution is 0.141. The van der Waals surface area contributed by atoms with E-state index in [-0.39, 0.29) is 0 Å². The van der Waals surface area contributed by atoms with Crippen molar-refractivity contribution in [2.24, 2.45) is 5.41 Å². The molecular weight excluding hydrogens is 172 g/mol. The van der Waals surface area contributed by atoms with E-state index in [1.165, 1.54) is 32.5 Å². The van der Waals surface area contributed by atoms with Crippen LogP contribution in [0.15, 0.2) is 0 Å². The predicted molar refractivity (Wildman–Crippen MR) is 62.6 cm³/mol. The first-order valence-electron chi connectivity index (χ1n) is 5.97. The van der Waals surface area contributed by atoms with Gasteiger partial charge in [0.1, 0.15) is 0 Å². The second-order valence-corrected chi connectivity index (χ2v) is 5.69. The third-order valence-electron chi connectivity index (χ3n) is 2.70. The number of hydrogen-bond acceptors (Lipinski definition) is 2. The van der Waals surface area contributed by atoms with E-state index < -0.39 is 0 Å². The second kappa shape index (κ2) is 5.13. The van der Waals surface area contributed by atoms with E-state index in [0.717, 1.165) is 12.6 Å². The zero-order valence-corrected chi connectivity index (χ0v) is 10.3. The van der Waals surface area contributed by atoms with E-state index in [1.54, 1.807) is 0 Å². The van der Waals surface area contributed by atoms with Gasteiger partial charge >= 0.3 is 0 Å². The number of likely N-dealkylation sites (tertiary alicyclic amines) is 1. The second-order valence-electron chi connectivity index (χ2n) is 5.69. The average molecular weight is 198 g/mol. The topological polar surface area (TPSA) is 15.3 Å². The lowest BCUT2D eigenvalue weighted by Crippen LogP contribution is -2.47. The molecule has 0 aliphatic carbocycles. The Morgan fingerprint density at radius 2 is 2.07 bits per heavy atom. The molecule has 0 aromatic heterocycles. The van der Waals surface area contributed by atoms with Crippen LogP contribution in [0, 0.1) is 5.41 Å². The first-order valence-corrected chi connectivity index (χ1v) is 5.97. The van der Waals surface area contributed by atoms with Gasteiger partial charge in [0.05, 0.1) is 0 Å². The van der Waals surface area contributed by atoms with Gasteiger partial charge in [-0.15, -0.1) is 0 Å². The van der Waals surface area contributed by atoms with Gasteiger partial charge in [0.15, 0.2) is 0 Å². The monoisotopic (exact) mass is 198 g/mol. The standard InChI is InChI=1S/C12H26N2/c1-5-13-11-7-6-8-14(9-11)10-12(2,3)4/h11,13H,5-10H2,1-4H3. The van der Waals surface area contributed by atoms with Crippen molar-refractivity contribution in [2.45, 2.75) is 46.6 Å². The van der Waals surface area contributed by atoms with Crippen LogP contribution >= 0.6 is 0 Å². The van der Waals surface area contributed by atoms with Crippen LogP contribution in [-0.4, -0.2) is 37.1 Å². The summed E-state index contributed by atoms with van der Waals surface area (Å²) in [5.74, 6) is 0. The molecule has 2 nitrogen and oxygen atoms in total. The van der Waals surface area contributed by atoms with Crippen LogP contribution in [0.3, 0.4) is 0 Å². The molecule has 1 fully saturated rings. The molecule has 0 saturated carbocycles. The van der Waals surface area contributed by atoms with Crippen molar-refractivity contribution in [3.05, 3.63) is 0 Å². The lowest BCUT2D eigenvalue weighted by Gasteiger charge is -2.36. The molecule has 1 N–H and O–H groups in total. The molecular formula is C12H26N2. The van der Waals surface area contributed by atoms with Crippen LogP contribution < -0.4 is 5.32 Å². The summed E-state index contributed by atoms with van der Waals surface area (Å²) >= 11 is 0. The van der Waals surface area contributed by atoms with Crippen molar-refractivity contribution >= 4 is 0 Å². The van der Waals surface area contributed by atoms with E-state index in [2.05, 4.69) is 37.9 Å². The molecule has 1 unspecified atom stereocenters. The molecule has 0 spiro atoms. The van der Waals surface area contributed by atoms with Crippen LogP contribution in [0.5, 0.6) is 0 Å². The highest BCUT2D eigenvalue weighted by molar-refractivity contribution is 4.80. The predicted octanol–water partition coefficient (Wildman–Crippen LogP) is 2.11. The fraction of sp³-hybridized carbons (Fsp3) is 1.00. The smallest absolute Gasteiger partial charge is 0.0195 e. The molecule has 14 heavy (non-hydrogen) atoms. The van der Waals surface area contributed by atoms with Gasteiger partial charge < -0.3 is 10.2 Å². The summed E-state index contributed by atoms with van der Waals surface area (Å²) in [7, 11) is 0. The Bertz CT molecular complexity index is 158. The Balaban J connectivity index is 2.32. The highest BCUT2D eigenvalue weighted by Crippen LogP contribution is 2.18. The highest BCUT2D eigenvalue weighted by Gasteiger charge is 2.22. The van der Waals surface area contributed by atoms with Gasteiger partial charge in [-0.2, -0.15) is 0 Å². The summed E-state index contributed by atoms with van der Waals surface area (Å²) in [6.45, 7) is 14.0. The van der Waals surface area contributed by atoms with Gasteiger partial charge in [-0.05, 0) is 31.3 Å². The van der Waals surface area contributed by atoms with Crippen molar-refractivity contribution in [1.29, 1.82) is 0 Å². The minimum absolute atomic E-state index is 0.439. The minimum atomic E-state index is 0.439. The molecule has 0 radical (unpaired) electrons. The molecule has 1 aliphatic rings. The van der Waals surface area contributed by atoms with E-state index in [4.69, 9.17) is 0 Å². The van der Waals surface area contributed by atoms with Crippen LogP contribution in [0.4, 0.5) is 0 Å². The average Bonchev–Trinajstić information content (AvgIpc) is 2.02. The first kappa shape index (κ1) is 12.0. The number of nitrogens with zero attached hydrogens (tertiary/aromatic N) is 1. The van der Waals surface area contributed by atoms with Gasteiger partial charge in [-0.1, -0.05) is 27.7 Å². The molecule has 1 saturated heterocycles. The third-order valence-corrected chi connectivity index (χ3v) is 2.70. The lowest BCUT2D eigenvalue weighted by atomic mass is 9.94. The highest BCUT2D eigenvalue weighted by atomic mass is 15.2. The van der Waals surface area contributed by atoms with E-state index in [9.17, 15) is 0 Å². The van der Waals surface area contributed by atoms with Crippen molar-refractivity contribution in [2.75, 3.05) is 26.2 Å². The molecule has 2 heteroatoms. The summed E-state index contributed by atoms with van der Waals surface area (Å²) in [5.41, 5.74) is 0.439. The zero-order valence-electron chi connectivity index (χ0n) is 10.3. The van der Waals surface area contributed by atoms with Crippen molar-refractivity contribution in [3.8, 4) is 0 Å². The molecule has 0 amide bonds.